The van der Waals surface area contributed by atoms with Crippen molar-refractivity contribution in [2.24, 2.45) is 0 Å². The van der Waals surface area contributed by atoms with Crippen LogP contribution in [0.3, 0.4) is 0 Å². The molecule has 0 saturated heterocycles. The van der Waals surface area contributed by atoms with Crippen molar-refractivity contribution in [2.45, 2.75) is 39.8 Å². The van der Waals surface area contributed by atoms with Gasteiger partial charge in [-0.1, -0.05) is 6.92 Å². The van der Waals surface area contributed by atoms with Crippen LogP contribution in [0.2, 0.25) is 0 Å². The molecule has 4 nitrogen and oxygen atoms in total. The van der Waals surface area contributed by atoms with E-state index in [1.54, 1.807) is 12.5 Å². The molecule has 2 heterocycles. The van der Waals surface area contributed by atoms with Crippen LogP contribution in [-0.2, 0) is 0 Å². The summed E-state index contributed by atoms with van der Waals surface area (Å²) in [6.07, 6.45) is 5.44. The lowest BCUT2D eigenvalue weighted by atomic mass is 10.0. The average Bonchev–Trinajstić information content (AvgIpc) is 2.81. The second-order valence-electron chi connectivity index (χ2n) is 5.08. The molecule has 20 heavy (non-hydrogen) atoms. The number of furan rings is 1. The molecule has 0 aromatic carbocycles. The molecule has 4 heteroatoms. The number of nitrogens with one attached hydrogen (secondary N) is 1. The molecular weight excluding hydrogens is 252 g/mol. The van der Waals surface area contributed by atoms with E-state index in [4.69, 9.17) is 9.15 Å². The molecule has 0 aliphatic rings. The number of pyridine rings is 1. The van der Waals surface area contributed by atoms with Crippen LogP contribution >= 0.6 is 0 Å². The van der Waals surface area contributed by atoms with Gasteiger partial charge in [0.25, 0.3) is 0 Å². The molecule has 0 radical (unpaired) electrons. The van der Waals surface area contributed by atoms with Crippen molar-refractivity contribution >= 4 is 0 Å². The molecular formula is C16H22N2O2. The van der Waals surface area contributed by atoms with E-state index in [1.807, 2.05) is 39.1 Å². The number of aryl methyl sites for hydroxylation is 1. The van der Waals surface area contributed by atoms with Gasteiger partial charge in [0.1, 0.15) is 11.5 Å². The fourth-order valence-corrected chi connectivity index (χ4v) is 2.18. The number of hydrogen-bond acceptors (Lipinski definition) is 4. The lowest BCUT2D eigenvalue weighted by molar-refractivity contribution is 0.241. The molecule has 0 saturated carbocycles. The molecule has 0 bridgehead atoms. The summed E-state index contributed by atoms with van der Waals surface area (Å²) < 4.78 is 11.3. The maximum atomic E-state index is 5.71. The SMILES string of the molecule is CCNC(c1cncc(OC(C)C)c1)c1occc1C. The molecule has 1 atom stereocenters. The van der Waals surface area contributed by atoms with Gasteiger partial charge < -0.3 is 14.5 Å². The minimum Gasteiger partial charge on any atom is -0.489 e. The minimum atomic E-state index is -0.00166. The Morgan fingerprint density at radius 2 is 2.15 bits per heavy atom. The van der Waals surface area contributed by atoms with E-state index in [-0.39, 0.29) is 12.1 Å². The predicted molar refractivity (Wildman–Crippen MR) is 79.0 cm³/mol. The van der Waals surface area contributed by atoms with Crippen molar-refractivity contribution in [3.05, 3.63) is 47.7 Å². The molecule has 108 valence electrons. The van der Waals surface area contributed by atoms with Gasteiger partial charge in [-0.3, -0.25) is 4.98 Å². The van der Waals surface area contributed by atoms with Gasteiger partial charge in [-0.05, 0) is 50.6 Å². The quantitative estimate of drug-likeness (QED) is 0.876. The van der Waals surface area contributed by atoms with Gasteiger partial charge >= 0.3 is 0 Å². The molecule has 0 amide bonds. The van der Waals surface area contributed by atoms with Crippen LogP contribution in [0.1, 0.15) is 43.7 Å². The van der Waals surface area contributed by atoms with Crippen molar-refractivity contribution in [3.8, 4) is 5.75 Å². The predicted octanol–water partition coefficient (Wildman–Crippen LogP) is 3.47. The van der Waals surface area contributed by atoms with Crippen LogP contribution in [0, 0.1) is 6.92 Å². The van der Waals surface area contributed by atoms with E-state index in [2.05, 4.69) is 17.2 Å². The summed E-state index contributed by atoms with van der Waals surface area (Å²) in [6.45, 7) is 8.98. The zero-order valence-electron chi connectivity index (χ0n) is 12.5. The summed E-state index contributed by atoms with van der Waals surface area (Å²) in [7, 11) is 0. The third-order valence-corrected chi connectivity index (χ3v) is 3.01. The number of nitrogens with zero attached hydrogens (tertiary/aromatic N) is 1. The van der Waals surface area contributed by atoms with Crippen LogP contribution in [0.15, 0.2) is 35.2 Å². The first-order valence-electron chi connectivity index (χ1n) is 7.00. The Labute approximate surface area is 120 Å². The molecule has 0 spiro atoms. The van der Waals surface area contributed by atoms with Crippen molar-refractivity contribution in [3.63, 3.8) is 0 Å². The van der Waals surface area contributed by atoms with Gasteiger partial charge in [0, 0.05) is 6.20 Å². The zero-order valence-corrected chi connectivity index (χ0v) is 12.5. The largest absolute Gasteiger partial charge is 0.489 e. The van der Waals surface area contributed by atoms with Gasteiger partial charge in [0.2, 0.25) is 0 Å². The third-order valence-electron chi connectivity index (χ3n) is 3.01. The summed E-state index contributed by atoms with van der Waals surface area (Å²) in [5.74, 6) is 1.71. The Kier molecular flexibility index (Phi) is 4.79. The van der Waals surface area contributed by atoms with Gasteiger partial charge in [-0.15, -0.1) is 0 Å². The Morgan fingerprint density at radius 3 is 2.75 bits per heavy atom. The van der Waals surface area contributed by atoms with Crippen molar-refractivity contribution in [1.82, 2.24) is 10.3 Å². The second kappa shape index (κ2) is 6.57. The first-order valence-corrected chi connectivity index (χ1v) is 7.00. The van der Waals surface area contributed by atoms with Gasteiger partial charge in [0.05, 0.1) is 24.6 Å². The van der Waals surface area contributed by atoms with Crippen LogP contribution < -0.4 is 10.1 Å². The fourth-order valence-electron chi connectivity index (χ4n) is 2.18. The van der Waals surface area contributed by atoms with E-state index in [9.17, 15) is 0 Å². The molecule has 2 aromatic heterocycles. The van der Waals surface area contributed by atoms with E-state index in [0.717, 1.165) is 29.2 Å². The smallest absolute Gasteiger partial charge is 0.138 e. The number of aromatic nitrogens is 1. The summed E-state index contributed by atoms with van der Waals surface area (Å²) >= 11 is 0. The standard InChI is InChI=1S/C16H22N2O2/c1-5-18-15(16-12(4)6-7-19-16)13-8-14(10-17-9-13)20-11(2)3/h6-11,15,18H,5H2,1-4H3. The van der Waals surface area contributed by atoms with Crippen molar-refractivity contribution < 1.29 is 9.15 Å². The fraction of sp³-hybridized carbons (Fsp3) is 0.438. The Hall–Kier alpha value is -1.81. The minimum absolute atomic E-state index is 0.00166. The summed E-state index contributed by atoms with van der Waals surface area (Å²) in [4.78, 5) is 4.27. The van der Waals surface area contributed by atoms with E-state index >= 15 is 0 Å². The topological polar surface area (TPSA) is 47.3 Å². The zero-order chi connectivity index (χ0) is 14.5. The average molecular weight is 274 g/mol. The monoisotopic (exact) mass is 274 g/mol. The number of ether oxygens (including phenoxy) is 1. The number of rotatable bonds is 6. The highest BCUT2D eigenvalue weighted by molar-refractivity contribution is 5.33. The summed E-state index contributed by atoms with van der Waals surface area (Å²) in [5.41, 5.74) is 2.18. The Morgan fingerprint density at radius 1 is 1.35 bits per heavy atom. The molecule has 2 rings (SSSR count). The normalized spacial score (nSPS) is 12.7. The van der Waals surface area contributed by atoms with Gasteiger partial charge in [-0.25, -0.2) is 0 Å². The maximum Gasteiger partial charge on any atom is 0.138 e. The summed E-state index contributed by atoms with van der Waals surface area (Å²) in [6, 6.07) is 3.99. The van der Waals surface area contributed by atoms with Crippen LogP contribution in [0.25, 0.3) is 0 Å². The molecule has 1 N–H and O–H groups in total. The highest BCUT2D eigenvalue weighted by Gasteiger charge is 2.19. The van der Waals surface area contributed by atoms with Crippen molar-refractivity contribution in [2.75, 3.05) is 6.54 Å². The Balaban J connectivity index is 2.32. The number of hydrogen-bond donors (Lipinski definition) is 1. The Bertz CT molecular complexity index is 549. The highest BCUT2D eigenvalue weighted by Crippen LogP contribution is 2.27. The van der Waals surface area contributed by atoms with E-state index in [0.29, 0.717) is 0 Å². The van der Waals surface area contributed by atoms with Gasteiger partial charge in [-0.2, -0.15) is 0 Å². The van der Waals surface area contributed by atoms with Crippen LogP contribution in [0.4, 0.5) is 0 Å². The second-order valence-corrected chi connectivity index (χ2v) is 5.08. The highest BCUT2D eigenvalue weighted by atomic mass is 16.5. The molecule has 0 aliphatic carbocycles. The first kappa shape index (κ1) is 14.6. The van der Waals surface area contributed by atoms with E-state index in [1.165, 1.54) is 0 Å². The first-order chi connectivity index (χ1) is 9.61. The van der Waals surface area contributed by atoms with Crippen molar-refractivity contribution in [1.29, 1.82) is 0 Å². The van der Waals surface area contributed by atoms with Crippen LogP contribution in [-0.4, -0.2) is 17.6 Å². The summed E-state index contributed by atoms with van der Waals surface area (Å²) in [5, 5.41) is 3.43. The molecule has 0 aliphatic heterocycles. The third kappa shape index (κ3) is 3.39. The maximum absolute atomic E-state index is 5.71. The van der Waals surface area contributed by atoms with E-state index < -0.39 is 0 Å². The molecule has 0 fully saturated rings. The van der Waals surface area contributed by atoms with Gasteiger partial charge in [0.15, 0.2) is 0 Å². The van der Waals surface area contributed by atoms with Crippen LogP contribution in [0.5, 0.6) is 5.75 Å². The lowest BCUT2D eigenvalue weighted by Crippen LogP contribution is -2.22. The molecule has 2 aromatic rings. The molecule has 1 unspecified atom stereocenters. The lowest BCUT2D eigenvalue weighted by Gasteiger charge is -2.18.